The second-order valence-electron chi connectivity index (χ2n) is 5.42. The van der Waals surface area contributed by atoms with E-state index in [9.17, 15) is 13.2 Å². The van der Waals surface area contributed by atoms with Crippen molar-refractivity contribution in [3.05, 3.63) is 42.0 Å². The zero-order valence-corrected chi connectivity index (χ0v) is 12.7. The molecule has 6 heteroatoms. The first-order valence-corrected chi connectivity index (χ1v) is 8.63. The number of carbonyl (C=O) groups excluding carboxylic acids is 1. The van der Waals surface area contributed by atoms with Crippen LogP contribution in [0.3, 0.4) is 0 Å². The standard InChI is InChI=1S/C15H20N2O3S/c1-2-12-5-7-14(8-6-12)15(18)17-9-3-4-13(10-17)11-21(16,19)20/h2,5-8,13H,1,3-4,9-11H2,(H2,16,19,20). The molecule has 2 N–H and O–H groups in total. The number of hydrogen-bond acceptors (Lipinski definition) is 3. The van der Waals surface area contributed by atoms with Crippen LogP contribution in [-0.4, -0.2) is 38.1 Å². The van der Waals surface area contributed by atoms with Gasteiger partial charge in [-0.15, -0.1) is 0 Å². The number of benzene rings is 1. The first-order valence-electron chi connectivity index (χ1n) is 6.91. The zero-order chi connectivity index (χ0) is 15.5. The van der Waals surface area contributed by atoms with Crippen LogP contribution in [0.1, 0.15) is 28.8 Å². The topological polar surface area (TPSA) is 80.5 Å². The van der Waals surface area contributed by atoms with Crippen LogP contribution >= 0.6 is 0 Å². The van der Waals surface area contributed by atoms with Crippen molar-refractivity contribution in [2.75, 3.05) is 18.8 Å². The van der Waals surface area contributed by atoms with Gasteiger partial charge in [0, 0.05) is 18.7 Å². The molecule has 1 aromatic carbocycles. The van der Waals surface area contributed by atoms with Gasteiger partial charge in [-0.25, -0.2) is 13.6 Å². The van der Waals surface area contributed by atoms with Crippen LogP contribution in [0, 0.1) is 5.92 Å². The van der Waals surface area contributed by atoms with E-state index in [0.717, 1.165) is 18.4 Å². The van der Waals surface area contributed by atoms with Crippen LogP contribution in [0.4, 0.5) is 0 Å². The maximum atomic E-state index is 12.4. The number of amides is 1. The summed E-state index contributed by atoms with van der Waals surface area (Å²) in [6, 6.07) is 7.21. The number of piperidine rings is 1. The summed E-state index contributed by atoms with van der Waals surface area (Å²) in [5.74, 6) is -0.207. The van der Waals surface area contributed by atoms with Crippen LogP contribution in [0.15, 0.2) is 30.8 Å². The van der Waals surface area contributed by atoms with Gasteiger partial charge in [0.2, 0.25) is 10.0 Å². The van der Waals surface area contributed by atoms with Gasteiger partial charge in [-0.3, -0.25) is 4.79 Å². The first-order chi connectivity index (χ1) is 9.89. The van der Waals surface area contributed by atoms with Crippen molar-refractivity contribution >= 4 is 22.0 Å². The lowest BCUT2D eigenvalue weighted by Crippen LogP contribution is -2.42. The fraction of sp³-hybridized carbons (Fsp3) is 0.400. The fourth-order valence-corrected chi connectivity index (χ4v) is 3.59. The molecular formula is C15H20N2O3S. The first kappa shape index (κ1) is 15.7. The largest absolute Gasteiger partial charge is 0.338 e. The SMILES string of the molecule is C=Cc1ccc(C(=O)N2CCCC(CS(N)(=O)=O)C2)cc1. The number of hydrogen-bond donors (Lipinski definition) is 1. The van der Waals surface area contributed by atoms with Gasteiger partial charge < -0.3 is 4.90 Å². The lowest BCUT2D eigenvalue weighted by molar-refractivity contribution is 0.0684. The molecule has 1 saturated heterocycles. The minimum absolute atomic E-state index is 0.0633. The number of carbonyl (C=O) groups is 1. The third-order valence-corrected chi connectivity index (χ3v) is 4.60. The second kappa shape index (κ2) is 6.41. The molecular weight excluding hydrogens is 288 g/mol. The summed E-state index contributed by atoms with van der Waals surface area (Å²) in [5, 5.41) is 5.09. The molecule has 0 radical (unpaired) electrons. The number of likely N-dealkylation sites (tertiary alicyclic amines) is 1. The second-order valence-corrected chi connectivity index (χ2v) is 7.07. The summed E-state index contributed by atoms with van der Waals surface area (Å²) in [6.07, 6.45) is 3.31. The molecule has 114 valence electrons. The van der Waals surface area contributed by atoms with E-state index >= 15 is 0 Å². The third-order valence-electron chi connectivity index (χ3n) is 3.67. The molecule has 0 spiro atoms. The van der Waals surface area contributed by atoms with E-state index in [4.69, 9.17) is 5.14 Å². The molecule has 0 aliphatic carbocycles. The van der Waals surface area contributed by atoms with E-state index < -0.39 is 10.0 Å². The average Bonchev–Trinajstić information content (AvgIpc) is 2.45. The van der Waals surface area contributed by atoms with E-state index in [-0.39, 0.29) is 17.6 Å². The minimum Gasteiger partial charge on any atom is -0.338 e. The maximum Gasteiger partial charge on any atom is 0.253 e. The van der Waals surface area contributed by atoms with Crippen LogP contribution in [0.5, 0.6) is 0 Å². The van der Waals surface area contributed by atoms with Gasteiger partial charge in [0.1, 0.15) is 0 Å². The Labute approximate surface area is 125 Å². The number of nitrogens with two attached hydrogens (primary N) is 1. The predicted octanol–water partition coefficient (Wildman–Crippen LogP) is 1.47. The Morgan fingerprint density at radius 2 is 2.05 bits per heavy atom. The Bertz CT molecular complexity index is 623. The molecule has 2 rings (SSSR count). The summed E-state index contributed by atoms with van der Waals surface area (Å²) in [5.41, 5.74) is 1.56. The number of primary sulfonamides is 1. The molecule has 21 heavy (non-hydrogen) atoms. The van der Waals surface area contributed by atoms with Crippen molar-refractivity contribution in [1.29, 1.82) is 0 Å². The molecule has 0 aromatic heterocycles. The summed E-state index contributed by atoms with van der Waals surface area (Å²) < 4.78 is 22.4. The average molecular weight is 308 g/mol. The van der Waals surface area contributed by atoms with Crippen molar-refractivity contribution in [1.82, 2.24) is 4.90 Å². The molecule has 0 saturated carbocycles. The molecule has 0 bridgehead atoms. The monoisotopic (exact) mass is 308 g/mol. The molecule has 1 amide bonds. The summed E-state index contributed by atoms with van der Waals surface area (Å²) >= 11 is 0. The van der Waals surface area contributed by atoms with Crippen molar-refractivity contribution in [3.63, 3.8) is 0 Å². The van der Waals surface area contributed by atoms with Gasteiger partial charge in [0.25, 0.3) is 5.91 Å². The zero-order valence-electron chi connectivity index (χ0n) is 11.9. The summed E-state index contributed by atoms with van der Waals surface area (Å²) in [4.78, 5) is 14.1. The van der Waals surface area contributed by atoms with Crippen molar-refractivity contribution in [2.45, 2.75) is 12.8 Å². The quantitative estimate of drug-likeness (QED) is 0.914. The van der Waals surface area contributed by atoms with Crippen molar-refractivity contribution in [2.24, 2.45) is 11.1 Å². The molecule has 1 aliphatic heterocycles. The number of nitrogens with zero attached hydrogens (tertiary/aromatic N) is 1. The summed E-state index contributed by atoms with van der Waals surface area (Å²) in [6.45, 7) is 4.77. The Morgan fingerprint density at radius 3 is 2.62 bits per heavy atom. The van der Waals surface area contributed by atoms with Gasteiger partial charge >= 0.3 is 0 Å². The Balaban J connectivity index is 2.06. The molecule has 1 heterocycles. The normalized spacial score (nSPS) is 19.3. The maximum absolute atomic E-state index is 12.4. The highest BCUT2D eigenvalue weighted by atomic mass is 32.2. The highest BCUT2D eigenvalue weighted by Gasteiger charge is 2.26. The summed E-state index contributed by atoms with van der Waals surface area (Å²) in [7, 11) is -3.50. The predicted molar refractivity (Wildman–Crippen MR) is 83.1 cm³/mol. The van der Waals surface area contributed by atoms with E-state index in [0.29, 0.717) is 18.7 Å². The van der Waals surface area contributed by atoms with E-state index in [1.807, 2.05) is 12.1 Å². The highest BCUT2D eigenvalue weighted by molar-refractivity contribution is 7.89. The van der Waals surface area contributed by atoms with Gasteiger partial charge in [0.15, 0.2) is 0 Å². The smallest absolute Gasteiger partial charge is 0.253 e. The van der Waals surface area contributed by atoms with Crippen molar-refractivity contribution in [3.8, 4) is 0 Å². The van der Waals surface area contributed by atoms with Crippen molar-refractivity contribution < 1.29 is 13.2 Å². The molecule has 1 unspecified atom stereocenters. The van der Waals surface area contributed by atoms with Crippen LogP contribution in [0.2, 0.25) is 0 Å². The van der Waals surface area contributed by atoms with Gasteiger partial charge in [-0.2, -0.15) is 0 Å². The van der Waals surface area contributed by atoms with E-state index in [2.05, 4.69) is 6.58 Å². The van der Waals surface area contributed by atoms with Gasteiger partial charge in [-0.1, -0.05) is 24.8 Å². The third kappa shape index (κ3) is 4.41. The molecule has 1 atom stereocenters. The van der Waals surface area contributed by atoms with Crippen LogP contribution < -0.4 is 5.14 Å². The van der Waals surface area contributed by atoms with E-state index in [1.54, 1.807) is 23.1 Å². The minimum atomic E-state index is -3.50. The Kier molecular flexibility index (Phi) is 4.80. The van der Waals surface area contributed by atoms with Crippen LogP contribution in [0.25, 0.3) is 6.08 Å². The Morgan fingerprint density at radius 1 is 1.38 bits per heavy atom. The lowest BCUT2D eigenvalue weighted by atomic mass is 9.99. The van der Waals surface area contributed by atoms with Gasteiger partial charge in [0.05, 0.1) is 5.75 Å². The fourth-order valence-electron chi connectivity index (χ4n) is 2.66. The number of rotatable bonds is 4. The van der Waals surface area contributed by atoms with Crippen LogP contribution in [-0.2, 0) is 10.0 Å². The number of sulfonamides is 1. The highest BCUT2D eigenvalue weighted by Crippen LogP contribution is 2.20. The molecule has 1 aromatic rings. The lowest BCUT2D eigenvalue weighted by Gasteiger charge is -2.32. The molecule has 5 nitrogen and oxygen atoms in total. The molecule has 1 fully saturated rings. The van der Waals surface area contributed by atoms with Gasteiger partial charge in [-0.05, 0) is 36.5 Å². The van der Waals surface area contributed by atoms with E-state index in [1.165, 1.54) is 0 Å². The Hall–Kier alpha value is -1.66. The molecule has 1 aliphatic rings.